The highest BCUT2D eigenvalue weighted by Crippen LogP contribution is 2.18. The molecule has 0 bridgehead atoms. The number of hydrogen-bond acceptors (Lipinski definition) is 5. The lowest BCUT2D eigenvalue weighted by molar-refractivity contribution is 0.363. The van der Waals surface area contributed by atoms with E-state index in [4.69, 9.17) is 10.3 Å². The summed E-state index contributed by atoms with van der Waals surface area (Å²) in [5, 5.41) is 8.11. The minimum absolute atomic E-state index is 0.409. The number of aryl methyl sites for hydroxylation is 2. The van der Waals surface area contributed by atoms with Gasteiger partial charge in [-0.3, -0.25) is 4.68 Å². The van der Waals surface area contributed by atoms with Crippen LogP contribution in [0.2, 0.25) is 0 Å². The Morgan fingerprint density at radius 3 is 2.86 bits per heavy atom. The van der Waals surface area contributed by atoms with Gasteiger partial charge in [-0.2, -0.15) is 10.1 Å². The Bertz CT molecular complexity index is 746. The van der Waals surface area contributed by atoms with Gasteiger partial charge in [0.15, 0.2) is 5.82 Å². The number of nitrogens with two attached hydrogens (primary N) is 1. The smallest absolute Gasteiger partial charge is 0.248 e. The summed E-state index contributed by atoms with van der Waals surface area (Å²) in [6.07, 6.45) is 4.18. The molecular weight excluding hydrogens is 266 g/mol. The molecule has 0 saturated carbocycles. The van der Waals surface area contributed by atoms with Gasteiger partial charge >= 0.3 is 0 Å². The predicted octanol–water partition coefficient (Wildman–Crippen LogP) is 1.75. The Morgan fingerprint density at radius 1 is 1.33 bits per heavy atom. The van der Waals surface area contributed by atoms with Crippen LogP contribution in [0, 0.1) is 6.92 Å². The Hall–Kier alpha value is -2.47. The maximum atomic E-state index is 6.12. The summed E-state index contributed by atoms with van der Waals surface area (Å²) in [6.45, 7) is 2.07. The van der Waals surface area contributed by atoms with Crippen LogP contribution in [0.4, 0.5) is 0 Å². The Labute approximate surface area is 122 Å². The molecule has 0 aliphatic carbocycles. The van der Waals surface area contributed by atoms with Gasteiger partial charge in [-0.05, 0) is 18.1 Å². The van der Waals surface area contributed by atoms with Gasteiger partial charge in [0.2, 0.25) is 5.89 Å². The number of rotatable bonds is 4. The van der Waals surface area contributed by atoms with E-state index in [9.17, 15) is 0 Å². The van der Waals surface area contributed by atoms with E-state index < -0.39 is 6.04 Å². The summed E-state index contributed by atoms with van der Waals surface area (Å²) in [5.41, 5.74) is 9.36. The zero-order chi connectivity index (χ0) is 14.8. The Balaban J connectivity index is 1.79. The molecule has 1 aromatic carbocycles. The van der Waals surface area contributed by atoms with Crippen molar-refractivity contribution in [3.05, 3.63) is 65.1 Å². The van der Waals surface area contributed by atoms with Crippen LogP contribution in [0.3, 0.4) is 0 Å². The first-order valence-corrected chi connectivity index (χ1v) is 6.74. The summed E-state index contributed by atoms with van der Waals surface area (Å²) < 4.78 is 6.97. The highest BCUT2D eigenvalue weighted by molar-refractivity contribution is 5.28. The molecule has 0 amide bonds. The van der Waals surface area contributed by atoms with Gasteiger partial charge in [0.1, 0.15) is 6.04 Å². The zero-order valence-electron chi connectivity index (χ0n) is 12.0. The molecule has 3 aromatic rings. The molecule has 108 valence electrons. The van der Waals surface area contributed by atoms with Crippen LogP contribution in [0.5, 0.6) is 0 Å². The summed E-state index contributed by atoms with van der Waals surface area (Å²) >= 11 is 0. The van der Waals surface area contributed by atoms with E-state index in [1.807, 2.05) is 25.4 Å². The van der Waals surface area contributed by atoms with Crippen LogP contribution in [-0.4, -0.2) is 19.9 Å². The zero-order valence-corrected chi connectivity index (χ0v) is 12.0. The number of hydrogen-bond donors (Lipinski definition) is 1. The lowest BCUT2D eigenvalue weighted by Crippen LogP contribution is -2.11. The standard InChI is InChI=1S/C15H17N5O/c1-10-5-3-4-6-11(10)7-13-18-15(21-19-13)14(16)12-8-17-20(2)9-12/h3-6,8-9,14H,7,16H2,1-2H3. The fourth-order valence-electron chi connectivity index (χ4n) is 2.19. The third-order valence-corrected chi connectivity index (χ3v) is 3.44. The molecule has 2 heterocycles. The first-order chi connectivity index (χ1) is 10.1. The van der Waals surface area contributed by atoms with E-state index in [-0.39, 0.29) is 0 Å². The van der Waals surface area contributed by atoms with E-state index in [0.717, 1.165) is 5.56 Å². The summed E-state index contributed by atoms with van der Waals surface area (Å²) in [7, 11) is 1.84. The van der Waals surface area contributed by atoms with Crippen LogP contribution in [0.1, 0.15) is 34.4 Å². The molecule has 0 spiro atoms. The lowest BCUT2D eigenvalue weighted by Gasteiger charge is -2.02. The van der Waals surface area contributed by atoms with E-state index >= 15 is 0 Å². The first-order valence-electron chi connectivity index (χ1n) is 6.74. The highest BCUT2D eigenvalue weighted by Gasteiger charge is 2.18. The molecule has 0 fully saturated rings. The normalized spacial score (nSPS) is 12.5. The largest absolute Gasteiger partial charge is 0.337 e. The molecule has 0 radical (unpaired) electrons. The summed E-state index contributed by atoms with van der Waals surface area (Å²) in [5.74, 6) is 1.05. The monoisotopic (exact) mass is 283 g/mol. The second-order valence-electron chi connectivity index (χ2n) is 5.08. The van der Waals surface area contributed by atoms with E-state index in [2.05, 4.69) is 34.3 Å². The van der Waals surface area contributed by atoms with E-state index in [1.54, 1.807) is 10.9 Å². The molecule has 6 nitrogen and oxygen atoms in total. The van der Waals surface area contributed by atoms with Gasteiger partial charge < -0.3 is 10.3 Å². The third kappa shape index (κ3) is 2.85. The highest BCUT2D eigenvalue weighted by atomic mass is 16.5. The molecule has 21 heavy (non-hydrogen) atoms. The van der Waals surface area contributed by atoms with Crippen LogP contribution in [0.25, 0.3) is 0 Å². The van der Waals surface area contributed by atoms with Crippen molar-refractivity contribution in [2.45, 2.75) is 19.4 Å². The average Bonchev–Trinajstić information content (AvgIpc) is 3.10. The SMILES string of the molecule is Cc1ccccc1Cc1noc(C(N)c2cnn(C)c2)n1. The molecular formula is C15H17N5O. The number of aromatic nitrogens is 4. The summed E-state index contributed by atoms with van der Waals surface area (Å²) in [4.78, 5) is 4.39. The van der Waals surface area contributed by atoms with Crippen LogP contribution < -0.4 is 5.73 Å². The Kier molecular flexibility index (Phi) is 3.53. The van der Waals surface area contributed by atoms with Crippen molar-refractivity contribution in [3.8, 4) is 0 Å². The van der Waals surface area contributed by atoms with E-state index in [1.165, 1.54) is 11.1 Å². The minimum Gasteiger partial charge on any atom is -0.337 e. The van der Waals surface area contributed by atoms with Gasteiger partial charge in [0.25, 0.3) is 0 Å². The van der Waals surface area contributed by atoms with Crippen molar-refractivity contribution >= 4 is 0 Å². The molecule has 0 saturated heterocycles. The molecule has 0 aliphatic heterocycles. The number of benzene rings is 1. The third-order valence-electron chi connectivity index (χ3n) is 3.44. The van der Waals surface area contributed by atoms with Gasteiger partial charge in [-0.1, -0.05) is 29.4 Å². The second-order valence-corrected chi connectivity index (χ2v) is 5.08. The predicted molar refractivity (Wildman–Crippen MR) is 77.5 cm³/mol. The van der Waals surface area contributed by atoms with Gasteiger partial charge in [-0.15, -0.1) is 0 Å². The maximum Gasteiger partial charge on any atom is 0.248 e. The second kappa shape index (κ2) is 5.49. The molecule has 1 atom stereocenters. The van der Waals surface area contributed by atoms with Gasteiger partial charge in [-0.25, -0.2) is 0 Å². The quantitative estimate of drug-likeness (QED) is 0.788. The molecule has 2 N–H and O–H groups in total. The van der Waals surface area contributed by atoms with Crippen molar-refractivity contribution < 1.29 is 4.52 Å². The van der Waals surface area contributed by atoms with Gasteiger partial charge in [0.05, 0.1) is 6.20 Å². The Morgan fingerprint density at radius 2 is 2.14 bits per heavy atom. The molecule has 6 heteroatoms. The van der Waals surface area contributed by atoms with Crippen LogP contribution in [0.15, 0.2) is 41.2 Å². The molecule has 1 unspecified atom stereocenters. The fourth-order valence-corrected chi connectivity index (χ4v) is 2.19. The van der Waals surface area contributed by atoms with Crippen molar-refractivity contribution in [2.24, 2.45) is 12.8 Å². The number of nitrogens with zero attached hydrogens (tertiary/aromatic N) is 4. The topological polar surface area (TPSA) is 82.8 Å². The minimum atomic E-state index is -0.447. The average molecular weight is 283 g/mol. The van der Waals surface area contributed by atoms with Crippen molar-refractivity contribution in [1.29, 1.82) is 0 Å². The maximum absolute atomic E-state index is 6.12. The van der Waals surface area contributed by atoms with Crippen molar-refractivity contribution in [1.82, 2.24) is 19.9 Å². The lowest BCUT2D eigenvalue weighted by atomic mass is 10.1. The van der Waals surface area contributed by atoms with Crippen molar-refractivity contribution in [2.75, 3.05) is 0 Å². The van der Waals surface area contributed by atoms with Crippen LogP contribution >= 0.6 is 0 Å². The van der Waals surface area contributed by atoms with Crippen molar-refractivity contribution in [3.63, 3.8) is 0 Å². The summed E-state index contributed by atoms with van der Waals surface area (Å²) in [6, 6.07) is 7.70. The molecule has 0 aliphatic rings. The molecule has 2 aromatic heterocycles. The first kappa shape index (κ1) is 13.5. The van der Waals surface area contributed by atoms with E-state index in [0.29, 0.717) is 18.1 Å². The fraction of sp³-hybridized carbons (Fsp3) is 0.267. The van der Waals surface area contributed by atoms with Crippen LogP contribution in [-0.2, 0) is 13.5 Å². The van der Waals surface area contributed by atoms with Gasteiger partial charge in [0, 0.05) is 25.2 Å². The molecule has 3 rings (SSSR count).